The molecule has 0 N–H and O–H groups in total. The van der Waals surface area contributed by atoms with Gasteiger partial charge in [-0.25, -0.2) is 0 Å². The highest BCUT2D eigenvalue weighted by molar-refractivity contribution is 4.70. The summed E-state index contributed by atoms with van der Waals surface area (Å²) in [6, 6.07) is 0. The molecule has 0 heterocycles. The zero-order valence-electron chi connectivity index (χ0n) is 9.68. The second kappa shape index (κ2) is 8.34. The largest absolute Gasteiger partial charge is 0.103 e. The molecule has 0 aromatic rings. The second-order valence-electron chi connectivity index (χ2n) is 4.66. The first-order chi connectivity index (χ1) is 6.16. The number of rotatable bonds is 8. The Morgan fingerprint density at radius 2 is 1.62 bits per heavy atom. The first-order valence-electron chi connectivity index (χ1n) is 5.77. The average Bonchev–Trinajstić information content (AvgIpc) is 2.03. The fourth-order valence-corrected chi connectivity index (χ4v) is 1.62. The van der Waals surface area contributed by atoms with E-state index in [9.17, 15) is 0 Å². The highest BCUT2D eigenvalue weighted by Gasteiger charge is 1.99. The third kappa shape index (κ3) is 9.66. The van der Waals surface area contributed by atoms with Gasteiger partial charge >= 0.3 is 0 Å². The lowest BCUT2D eigenvalue weighted by molar-refractivity contribution is 0.469. The van der Waals surface area contributed by atoms with Crippen molar-refractivity contribution in [2.24, 2.45) is 11.8 Å². The van der Waals surface area contributed by atoms with Crippen molar-refractivity contribution in [3.05, 3.63) is 12.7 Å². The van der Waals surface area contributed by atoms with Gasteiger partial charge in [-0.1, -0.05) is 59.0 Å². The van der Waals surface area contributed by atoms with E-state index in [1.165, 1.54) is 38.5 Å². The van der Waals surface area contributed by atoms with Gasteiger partial charge in [0.25, 0.3) is 0 Å². The van der Waals surface area contributed by atoms with E-state index >= 15 is 0 Å². The fourth-order valence-electron chi connectivity index (χ4n) is 1.62. The van der Waals surface area contributed by atoms with E-state index in [0.717, 1.165) is 11.8 Å². The lowest BCUT2D eigenvalue weighted by Crippen LogP contribution is -1.93. The molecule has 78 valence electrons. The molecule has 0 spiro atoms. The predicted molar refractivity (Wildman–Crippen MR) is 61.9 cm³/mol. The minimum absolute atomic E-state index is 0.844. The SMILES string of the molecule is C=CCC(C)CCCCCC(C)C. The predicted octanol–water partition coefficient (Wildman–Crippen LogP) is 4.81. The Labute approximate surface area is 84.4 Å². The summed E-state index contributed by atoms with van der Waals surface area (Å²) in [6.07, 6.45) is 10.2. The van der Waals surface area contributed by atoms with E-state index in [-0.39, 0.29) is 0 Å². The van der Waals surface area contributed by atoms with E-state index < -0.39 is 0 Å². The van der Waals surface area contributed by atoms with Crippen molar-refractivity contribution in [1.29, 1.82) is 0 Å². The van der Waals surface area contributed by atoms with Gasteiger partial charge in [0.05, 0.1) is 0 Å². The van der Waals surface area contributed by atoms with Crippen molar-refractivity contribution in [3.63, 3.8) is 0 Å². The van der Waals surface area contributed by atoms with E-state index in [1.807, 2.05) is 6.08 Å². The lowest BCUT2D eigenvalue weighted by atomic mass is 9.98. The maximum absolute atomic E-state index is 3.77. The summed E-state index contributed by atoms with van der Waals surface area (Å²) in [7, 11) is 0. The van der Waals surface area contributed by atoms with Crippen molar-refractivity contribution >= 4 is 0 Å². The van der Waals surface area contributed by atoms with Crippen LogP contribution in [0.3, 0.4) is 0 Å². The van der Waals surface area contributed by atoms with Crippen molar-refractivity contribution in [3.8, 4) is 0 Å². The Hall–Kier alpha value is -0.260. The maximum Gasteiger partial charge on any atom is -0.0328 e. The fraction of sp³-hybridized carbons (Fsp3) is 0.846. The second-order valence-corrected chi connectivity index (χ2v) is 4.66. The van der Waals surface area contributed by atoms with Gasteiger partial charge in [0, 0.05) is 0 Å². The summed E-state index contributed by atoms with van der Waals surface area (Å²) in [6.45, 7) is 10.7. The van der Waals surface area contributed by atoms with Gasteiger partial charge < -0.3 is 0 Å². The zero-order valence-corrected chi connectivity index (χ0v) is 9.68. The Bertz CT molecular complexity index is 113. The van der Waals surface area contributed by atoms with Crippen LogP contribution < -0.4 is 0 Å². The van der Waals surface area contributed by atoms with Gasteiger partial charge in [-0.05, 0) is 18.3 Å². The highest BCUT2D eigenvalue weighted by atomic mass is 14.1. The van der Waals surface area contributed by atoms with Gasteiger partial charge in [-0.2, -0.15) is 0 Å². The third-order valence-corrected chi connectivity index (χ3v) is 2.55. The Morgan fingerprint density at radius 3 is 2.15 bits per heavy atom. The molecule has 0 rings (SSSR count). The Kier molecular flexibility index (Phi) is 8.18. The van der Waals surface area contributed by atoms with Gasteiger partial charge in [0.2, 0.25) is 0 Å². The van der Waals surface area contributed by atoms with Crippen LogP contribution in [0.1, 0.15) is 59.3 Å². The summed E-state index contributed by atoms with van der Waals surface area (Å²) < 4.78 is 0. The first-order valence-corrected chi connectivity index (χ1v) is 5.77. The summed E-state index contributed by atoms with van der Waals surface area (Å²) in [5.41, 5.74) is 0. The van der Waals surface area contributed by atoms with E-state index in [1.54, 1.807) is 0 Å². The Balaban J connectivity index is 3.11. The molecule has 0 fully saturated rings. The minimum atomic E-state index is 0.844. The molecule has 0 aliphatic rings. The van der Waals surface area contributed by atoms with Crippen LogP contribution >= 0.6 is 0 Å². The molecule has 0 saturated heterocycles. The summed E-state index contributed by atoms with van der Waals surface area (Å²) in [5, 5.41) is 0. The van der Waals surface area contributed by atoms with E-state index in [2.05, 4.69) is 27.4 Å². The van der Waals surface area contributed by atoms with Crippen LogP contribution in [-0.4, -0.2) is 0 Å². The van der Waals surface area contributed by atoms with Crippen LogP contribution in [0.15, 0.2) is 12.7 Å². The molecule has 0 saturated carbocycles. The van der Waals surface area contributed by atoms with Gasteiger partial charge in [0.1, 0.15) is 0 Å². The van der Waals surface area contributed by atoms with E-state index in [4.69, 9.17) is 0 Å². The summed E-state index contributed by atoms with van der Waals surface area (Å²) in [5.74, 6) is 1.72. The maximum atomic E-state index is 3.77. The zero-order chi connectivity index (χ0) is 10.1. The third-order valence-electron chi connectivity index (χ3n) is 2.55. The molecular formula is C13H26. The average molecular weight is 182 g/mol. The number of hydrogen-bond acceptors (Lipinski definition) is 0. The monoisotopic (exact) mass is 182 g/mol. The quantitative estimate of drug-likeness (QED) is 0.373. The summed E-state index contributed by atoms with van der Waals surface area (Å²) in [4.78, 5) is 0. The molecule has 0 radical (unpaired) electrons. The van der Waals surface area contributed by atoms with Crippen LogP contribution in [0.4, 0.5) is 0 Å². The molecule has 1 unspecified atom stereocenters. The van der Waals surface area contributed by atoms with Gasteiger partial charge in [0.15, 0.2) is 0 Å². The summed E-state index contributed by atoms with van der Waals surface area (Å²) >= 11 is 0. The standard InChI is InChI=1S/C13H26/c1-5-9-13(4)11-8-6-7-10-12(2)3/h5,12-13H,1,6-11H2,2-4H3. The lowest BCUT2D eigenvalue weighted by Gasteiger charge is -2.08. The smallest absolute Gasteiger partial charge is 0.0328 e. The molecule has 0 nitrogen and oxygen atoms in total. The molecular weight excluding hydrogens is 156 g/mol. The highest BCUT2D eigenvalue weighted by Crippen LogP contribution is 2.15. The van der Waals surface area contributed by atoms with Crippen LogP contribution in [0.25, 0.3) is 0 Å². The van der Waals surface area contributed by atoms with Gasteiger partial charge in [-0.3, -0.25) is 0 Å². The van der Waals surface area contributed by atoms with E-state index in [0.29, 0.717) is 0 Å². The van der Waals surface area contributed by atoms with Crippen molar-refractivity contribution in [1.82, 2.24) is 0 Å². The molecule has 0 bridgehead atoms. The molecule has 0 aromatic heterocycles. The number of unbranched alkanes of at least 4 members (excludes halogenated alkanes) is 2. The van der Waals surface area contributed by atoms with Crippen molar-refractivity contribution in [2.75, 3.05) is 0 Å². The number of hydrogen-bond donors (Lipinski definition) is 0. The van der Waals surface area contributed by atoms with Crippen LogP contribution in [0.5, 0.6) is 0 Å². The van der Waals surface area contributed by atoms with Gasteiger partial charge in [-0.15, -0.1) is 6.58 Å². The molecule has 0 aliphatic carbocycles. The van der Waals surface area contributed by atoms with Crippen LogP contribution in [-0.2, 0) is 0 Å². The van der Waals surface area contributed by atoms with Crippen LogP contribution in [0, 0.1) is 11.8 Å². The molecule has 1 atom stereocenters. The molecule has 0 heteroatoms. The molecule has 0 amide bonds. The number of allylic oxidation sites excluding steroid dienone is 1. The topological polar surface area (TPSA) is 0 Å². The molecule has 0 aliphatic heterocycles. The molecule has 13 heavy (non-hydrogen) atoms. The Morgan fingerprint density at radius 1 is 1.00 bits per heavy atom. The normalized spacial score (nSPS) is 13.2. The van der Waals surface area contributed by atoms with Crippen molar-refractivity contribution in [2.45, 2.75) is 59.3 Å². The molecule has 0 aromatic carbocycles. The van der Waals surface area contributed by atoms with Crippen molar-refractivity contribution < 1.29 is 0 Å². The first kappa shape index (κ1) is 12.7. The minimum Gasteiger partial charge on any atom is -0.103 e. The van der Waals surface area contributed by atoms with Crippen LogP contribution in [0.2, 0.25) is 0 Å².